The maximum absolute atomic E-state index is 11.9. The Balaban J connectivity index is 1.79. The Morgan fingerprint density at radius 1 is 1.20 bits per heavy atom. The number of nitrogens with two attached hydrogens (primary N) is 1. The second kappa shape index (κ2) is 6.96. The highest BCUT2D eigenvalue weighted by Crippen LogP contribution is 2.20. The lowest BCUT2D eigenvalue weighted by Gasteiger charge is -2.08. The van der Waals surface area contributed by atoms with Crippen molar-refractivity contribution in [2.75, 3.05) is 18.9 Å². The molecule has 0 aliphatic rings. The van der Waals surface area contributed by atoms with Gasteiger partial charge in [-0.1, -0.05) is 18.2 Å². The van der Waals surface area contributed by atoms with Gasteiger partial charge >= 0.3 is 0 Å². The highest BCUT2D eigenvalue weighted by atomic mass is 79.9. The van der Waals surface area contributed by atoms with Gasteiger partial charge in [0.05, 0.1) is 6.54 Å². The number of hydrogen-bond donors (Lipinski definition) is 2. The van der Waals surface area contributed by atoms with Crippen LogP contribution in [0.1, 0.15) is 10.4 Å². The van der Waals surface area contributed by atoms with E-state index in [0.717, 1.165) is 5.75 Å². The van der Waals surface area contributed by atoms with Crippen LogP contribution in [0.3, 0.4) is 0 Å². The minimum absolute atomic E-state index is 0.151. The Kier molecular flexibility index (Phi) is 5.01. The normalized spacial score (nSPS) is 10.1. The second-order valence-corrected chi connectivity index (χ2v) is 5.01. The SMILES string of the molecule is Nc1ccc(C(=O)NCCOc2ccccc2)cc1Br. The molecule has 0 fully saturated rings. The molecule has 2 aromatic carbocycles. The van der Waals surface area contributed by atoms with Crippen LogP contribution in [0.2, 0.25) is 0 Å². The van der Waals surface area contributed by atoms with Crippen LogP contribution in [0.15, 0.2) is 53.0 Å². The van der Waals surface area contributed by atoms with Crippen molar-refractivity contribution in [2.45, 2.75) is 0 Å². The molecule has 0 aliphatic carbocycles. The number of nitrogen functional groups attached to an aromatic ring is 1. The molecule has 5 heteroatoms. The molecule has 0 aliphatic heterocycles. The van der Waals surface area contributed by atoms with E-state index in [4.69, 9.17) is 10.5 Å². The van der Waals surface area contributed by atoms with Gasteiger partial charge in [-0.25, -0.2) is 0 Å². The summed E-state index contributed by atoms with van der Waals surface area (Å²) in [5.74, 6) is 0.638. The van der Waals surface area contributed by atoms with E-state index < -0.39 is 0 Å². The van der Waals surface area contributed by atoms with E-state index in [2.05, 4.69) is 21.2 Å². The summed E-state index contributed by atoms with van der Waals surface area (Å²) in [7, 11) is 0. The lowest BCUT2D eigenvalue weighted by Crippen LogP contribution is -2.28. The molecule has 2 rings (SSSR count). The number of hydrogen-bond acceptors (Lipinski definition) is 3. The zero-order valence-electron chi connectivity index (χ0n) is 10.8. The van der Waals surface area contributed by atoms with Gasteiger partial charge in [0.25, 0.3) is 5.91 Å². The Morgan fingerprint density at radius 2 is 1.95 bits per heavy atom. The number of anilines is 1. The summed E-state index contributed by atoms with van der Waals surface area (Å²) in [6.45, 7) is 0.863. The molecule has 104 valence electrons. The van der Waals surface area contributed by atoms with Gasteiger partial charge in [0.15, 0.2) is 0 Å². The van der Waals surface area contributed by atoms with Crippen LogP contribution in [-0.2, 0) is 0 Å². The summed E-state index contributed by atoms with van der Waals surface area (Å²) in [6.07, 6.45) is 0. The van der Waals surface area contributed by atoms with Gasteiger partial charge in [-0.2, -0.15) is 0 Å². The number of ether oxygens (including phenoxy) is 1. The first-order valence-corrected chi connectivity index (χ1v) is 6.97. The molecule has 2 aromatic rings. The van der Waals surface area contributed by atoms with Gasteiger partial charge in [-0.05, 0) is 46.3 Å². The number of para-hydroxylation sites is 1. The number of nitrogens with one attached hydrogen (secondary N) is 1. The highest BCUT2D eigenvalue weighted by Gasteiger charge is 2.06. The number of carbonyl (C=O) groups excluding carboxylic acids is 1. The summed E-state index contributed by atoms with van der Waals surface area (Å²) in [5, 5.41) is 2.79. The van der Waals surface area contributed by atoms with E-state index in [1.54, 1.807) is 18.2 Å². The monoisotopic (exact) mass is 334 g/mol. The largest absolute Gasteiger partial charge is 0.492 e. The summed E-state index contributed by atoms with van der Waals surface area (Å²) < 4.78 is 6.20. The highest BCUT2D eigenvalue weighted by molar-refractivity contribution is 9.10. The fourth-order valence-corrected chi connectivity index (χ4v) is 2.00. The third kappa shape index (κ3) is 3.99. The van der Waals surface area contributed by atoms with Crippen LogP contribution in [0.4, 0.5) is 5.69 Å². The summed E-state index contributed by atoms with van der Waals surface area (Å²) in [6, 6.07) is 14.6. The van der Waals surface area contributed by atoms with Crippen molar-refractivity contribution < 1.29 is 9.53 Å². The summed E-state index contributed by atoms with van der Waals surface area (Å²) >= 11 is 3.30. The smallest absolute Gasteiger partial charge is 0.251 e. The maximum atomic E-state index is 11.9. The molecule has 0 aromatic heterocycles. The first kappa shape index (κ1) is 14.4. The Hall–Kier alpha value is -2.01. The summed E-state index contributed by atoms with van der Waals surface area (Å²) in [5.41, 5.74) is 6.84. The van der Waals surface area contributed by atoms with E-state index in [1.165, 1.54) is 0 Å². The molecule has 0 spiro atoms. The molecule has 1 amide bonds. The van der Waals surface area contributed by atoms with E-state index in [1.807, 2.05) is 30.3 Å². The van der Waals surface area contributed by atoms with Crippen molar-refractivity contribution in [1.82, 2.24) is 5.32 Å². The number of benzene rings is 2. The van der Waals surface area contributed by atoms with Crippen molar-refractivity contribution in [2.24, 2.45) is 0 Å². The fourth-order valence-electron chi connectivity index (χ4n) is 1.62. The Labute approximate surface area is 126 Å². The standard InChI is InChI=1S/C15H15BrN2O2/c16-13-10-11(6-7-14(13)17)15(19)18-8-9-20-12-4-2-1-3-5-12/h1-7,10H,8-9,17H2,(H,18,19). The molecule has 0 saturated heterocycles. The average molecular weight is 335 g/mol. The molecular formula is C15H15BrN2O2. The average Bonchev–Trinajstić information content (AvgIpc) is 2.47. The summed E-state index contributed by atoms with van der Waals surface area (Å²) in [4.78, 5) is 11.9. The van der Waals surface area contributed by atoms with Crippen molar-refractivity contribution in [1.29, 1.82) is 0 Å². The van der Waals surface area contributed by atoms with Gasteiger partial charge in [0, 0.05) is 15.7 Å². The molecule has 4 nitrogen and oxygen atoms in total. The number of amides is 1. The zero-order valence-corrected chi connectivity index (χ0v) is 12.4. The van der Waals surface area contributed by atoms with Crippen molar-refractivity contribution in [3.8, 4) is 5.75 Å². The van der Waals surface area contributed by atoms with Gasteiger partial charge in [-0.3, -0.25) is 4.79 Å². The van der Waals surface area contributed by atoms with Crippen molar-refractivity contribution in [3.63, 3.8) is 0 Å². The van der Waals surface area contributed by atoms with E-state index >= 15 is 0 Å². The van der Waals surface area contributed by atoms with E-state index in [-0.39, 0.29) is 5.91 Å². The second-order valence-electron chi connectivity index (χ2n) is 4.15. The fraction of sp³-hybridized carbons (Fsp3) is 0.133. The van der Waals surface area contributed by atoms with Crippen LogP contribution >= 0.6 is 15.9 Å². The molecule has 0 radical (unpaired) electrons. The Morgan fingerprint density at radius 3 is 2.65 bits per heavy atom. The van der Waals surface area contributed by atoms with Crippen molar-refractivity contribution >= 4 is 27.5 Å². The van der Waals surface area contributed by atoms with Crippen LogP contribution in [0.5, 0.6) is 5.75 Å². The molecular weight excluding hydrogens is 320 g/mol. The predicted octanol–water partition coefficient (Wildman–Crippen LogP) is 2.84. The van der Waals surface area contributed by atoms with Crippen molar-refractivity contribution in [3.05, 3.63) is 58.6 Å². The van der Waals surface area contributed by atoms with Crippen LogP contribution in [-0.4, -0.2) is 19.1 Å². The molecule has 0 atom stereocenters. The molecule has 20 heavy (non-hydrogen) atoms. The van der Waals surface area contributed by atoms with Gasteiger partial charge in [0.1, 0.15) is 12.4 Å². The van der Waals surface area contributed by atoms with E-state index in [9.17, 15) is 4.79 Å². The van der Waals surface area contributed by atoms with Gasteiger partial charge in [-0.15, -0.1) is 0 Å². The topological polar surface area (TPSA) is 64.4 Å². The van der Waals surface area contributed by atoms with Gasteiger partial charge < -0.3 is 15.8 Å². The maximum Gasteiger partial charge on any atom is 0.251 e. The third-order valence-corrected chi connectivity index (χ3v) is 3.35. The van der Waals surface area contributed by atoms with Crippen LogP contribution in [0, 0.1) is 0 Å². The van der Waals surface area contributed by atoms with Crippen LogP contribution in [0.25, 0.3) is 0 Å². The first-order valence-electron chi connectivity index (χ1n) is 6.18. The molecule has 0 saturated carbocycles. The number of rotatable bonds is 5. The van der Waals surface area contributed by atoms with E-state index in [0.29, 0.717) is 28.9 Å². The van der Waals surface area contributed by atoms with Gasteiger partial charge in [0.2, 0.25) is 0 Å². The predicted molar refractivity (Wildman–Crippen MR) is 82.8 cm³/mol. The quantitative estimate of drug-likeness (QED) is 0.652. The minimum Gasteiger partial charge on any atom is -0.492 e. The molecule has 3 N–H and O–H groups in total. The third-order valence-electron chi connectivity index (χ3n) is 2.66. The Bertz CT molecular complexity index is 588. The number of halogens is 1. The molecule has 0 heterocycles. The minimum atomic E-state index is -0.151. The molecule has 0 bridgehead atoms. The lowest BCUT2D eigenvalue weighted by molar-refractivity contribution is 0.0947. The van der Waals surface area contributed by atoms with Crippen LogP contribution < -0.4 is 15.8 Å². The first-order chi connectivity index (χ1) is 9.66. The lowest BCUT2D eigenvalue weighted by atomic mass is 10.2. The number of carbonyl (C=O) groups is 1. The zero-order chi connectivity index (χ0) is 14.4. The molecule has 0 unspecified atom stereocenters.